The number of nitrogens with zero attached hydrogens (tertiary/aromatic N) is 1. The van der Waals surface area contributed by atoms with Gasteiger partial charge in [-0.2, -0.15) is 0 Å². The zero-order chi connectivity index (χ0) is 16.7. The lowest BCUT2D eigenvalue weighted by Gasteiger charge is -2.06. The van der Waals surface area contributed by atoms with E-state index in [1.54, 1.807) is 32.4 Å². The van der Waals surface area contributed by atoms with Gasteiger partial charge in [0.2, 0.25) is 0 Å². The molecule has 0 aliphatic heterocycles. The van der Waals surface area contributed by atoms with Gasteiger partial charge in [-0.1, -0.05) is 5.16 Å². The molecule has 0 saturated carbocycles. The van der Waals surface area contributed by atoms with Crippen LogP contribution in [0.4, 0.5) is 0 Å². The number of hydrogen-bond donors (Lipinski definition) is 0. The van der Waals surface area contributed by atoms with Crippen LogP contribution >= 0.6 is 0 Å². The second-order valence-corrected chi connectivity index (χ2v) is 4.36. The van der Waals surface area contributed by atoms with Crippen molar-refractivity contribution < 1.29 is 28.3 Å². The highest BCUT2D eigenvalue weighted by Crippen LogP contribution is 2.22. The van der Waals surface area contributed by atoms with Crippen molar-refractivity contribution in [2.45, 2.75) is 6.61 Å². The Kier molecular flexibility index (Phi) is 5.62. The van der Waals surface area contributed by atoms with Gasteiger partial charge in [-0.15, -0.1) is 0 Å². The molecule has 0 aliphatic carbocycles. The van der Waals surface area contributed by atoms with Gasteiger partial charge in [0.25, 0.3) is 0 Å². The molecule has 0 atom stereocenters. The van der Waals surface area contributed by atoms with Gasteiger partial charge in [0, 0.05) is 5.56 Å². The van der Waals surface area contributed by atoms with Crippen molar-refractivity contribution in [3.63, 3.8) is 0 Å². The maximum atomic E-state index is 11.5. The van der Waals surface area contributed by atoms with Gasteiger partial charge >= 0.3 is 5.97 Å². The number of methoxy groups -OCH3 is 3. The van der Waals surface area contributed by atoms with E-state index in [0.717, 1.165) is 0 Å². The molecule has 0 aliphatic rings. The average Bonchev–Trinajstić information content (AvgIpc) is 3.06. The third kappa shape index (κ3) is 4.03. The van der Waals surface area contributed by atoms with Crippen LogP contribution in [0.1, 0.15) is 21.7 Å². The maximum absolute atomic E-state index is 11.5. The van der Waals surface area contributed by atoms with E-state index in [1.807, 2.05) is 0 Å². The second-order valence-electron chi connectivity index (χ2n) is 4.36. The molecule has 0 N–H and O–H groups in total. The SMILES string of the molecule is COC(=O)c1ccoc1CO/N=C/c1cc(OC)ccc1OC. The van der Waals surface area contributed by atoms with Crippen LogP contribution in [-0.4, -0.2) is 33.5 Å². The molecule has 1 aromatic heterocycles. The fourth-order valence-electron chi connectivity index (χ4n) is 1.87. The Hall–Kier alpha value is -2.96. The van der Waals surface area contributed by atoms with Crippen molar-refractivity contribution in [2.75, 3.05) is 21.3 Å². The number of carbonyl (C=O) groups excluding carboxylic acids is 1. The molecule has 0 radical (unpaired) electrons. The number of furan rings is 1. The minimum Gasteiger partial charge on any atom is -0.497 e. The largest absolute Gasteiger partial charge is 0.497 e. The Morgan fingerprint density at radius 3 is 2.74 bits per heavy atom. The molecule has 0 bridgehead atoms. The molecule has 7 nitrogen and oxygen atoms in total. The number of benzene rings is 1. The van der Waals surface area contributed by atoms with Crippen LogP contribution in [0.3, 0.4) is 0 Å². The topological polar surface area (TPSA) is 79.5 Å². The minimum absolute atomic E-state index is 0.000216. The van der Waals surface area contributed by atoms with Gasteiger partial charge in [-0.25, -0.2) is 4.79 Å². The minimum atomic E-state index is -0.490. The summed E-state index contributed by atoms with van der Waals surface area (Å²) in [5.74, 6) is 1.15. The van der Waals surface area contributed by atoms with Crippen LogP contribution in [-0.2, 0) is 16.2 Å². The molecular weight excluding hydrogens is 302 g/mol. The first-order valence-electron chi connectivity index (χ1n) is 6.71. The van der Waals surface area contributed by atoms with Crippen molar-refractivity contribution in [2.24, 2.45) is 5.16 Å². The summed E-state index contributed by atoms with van der Waals surface area (Å²) in [6.07, 6.45) is 2.88. The van der Waals surface area contributed by atoms with E-state index >= 15 is 0 Å². The molecule has 0 saturated heterocycles. The first kappa shape index (κ1) is 16.4. The molecule has 23 heavy (non-hydrogen) atoms. The lowest BCUT2D eigenvalue weighted by atomic mass is 10.2. The molecule has 0 fully saturated rings. The summed E-state index contributed by atoms with van der Waals surface area (Å²) in [5.41, 5.74) is 1.00. The summed E-state index contributed by atoms with van der Waals surface area (Å²) in [6.45, 7) is 0.000216. The molecule has 1 aromatic carbocycles. The number of carbonyl (C=O) groups is 1. The Morgan fingerprint density at radius 2 is 2.04 bits per heavy atom. The van der Waals surface area contributed by atoms with E-state index in [1.165, 1.54) is 25.7 Å². The summed E-state index contributed by atoms with van der Waals surface area (Å²) in [5, 5.41) is 3.85. The van der Waals surface area contributed by atoms with E-state index in [-0.39, 0.29) is 6.61 Å². The van der Waals surface area contributed by atoms with Gasteiger partial charge in [0.05, 0.1) is 33.8 Å². The zero-order valence-corrected chi connectivity index (χ0v) is 13.1. The first-order valence-corrected chi connectivity index (χ1v) is 6.71. The fraction of sp³-hybridized carbons (Fsp3) is 0.250. The Morgan fingerprint density at radius 1 is 1.22 bits per heavy atom. The zero-order valence-electron chi connectivity index (χ0n) is 13.1. The molecule has 122 valence electrons. The average molecular weight is 319 g/mol. The first-order chi connectivity index (χ1) is 11.2. The molecule has 0 unspecified atom stereocenters. The molecule has 0 amide bonds. The van der Waals surface area contributed by atoms with E-state index < -0.39 is 5.97 Å². The number of oxime groups is 1. The summed E-state index contributed by atoms with van der Waals surface area (Å²) < 4.78 is 20.2. The van der Waals surface area contributed by atoms with Crippen LogP contribution in [0, 0.1) is 0 Å². The van der Waals surface area contributed by atoms with Crippen molar-refractivity contribution >= 4 is 12.2 Å². The van der Waals surface area contributed by atoms with Crippen LogP contribution < -0.4 is 9.47 Å². The van der Waals surface area contributed by atoms with Crippen LogP contribution in [0.25, 0.3) is 0 Å². The predicted octanol–water partition coefficient (Wildman–Crippen LogP) is 2.63. The van der Waals surface area contributed by atoms with Gasteiger partial charge in [0.1, 0.15) is 17.1 Å². The van der Waals surface area contributed by atoms with Crippen LogP contribution in [0.15, 0.2) is 40.1 Å². The lowest BCUT2D eigenvalue weighted by molar-refractivity contribution is 0.0587. The number of ether oxygens (including phenoxy) is 3. The van der Waals surface area contributed by atoms with Gasteiger partial charge < -0.3 is 23.5 Å². The van der Waals surface area contributed by atoms with E-state index in [0.29, 0.717) is 28.4 Å². The monoisotopic (exact) mass is 319 g/mol. The molecule has 7 heteroatoms. The summed E-state index contributed by atoms with van der Waals surface area (Å²) in [4.78, 5) is 16.7. The number of hydrogen-bond acceptors (Lipinski definition) is 7. The number of esters is 1. The molecule has 0 spiro atoms. The Labute approximate surface area is 133 Å². The highest BCUT2D eigenvalue weighted by atomic mass is 16.6. The van der Waals surface area contributed by atoms with Crippen LogP contribution in [0.2, 0.25) is 0 Å². The van der Waals surface area contributed by atoms with E-state index in [4.69, 9.17) is 18.7 Å². The quantitative estimate of drug-likeness (QED) is 0.443. The smallest absolute Gasteiger partial charge is 0.341 e. The number of rotatable bonds is 7. The molecule has 2 rings (SSSR count). The normalized spacial score (nSPS) is 10.6. The molecule has 1 heterocycles. The van der Waals surface area contributed by atoms with Crippen LogP contribution in [0.5, 0.6) is 11.5 Å². The Balaban J connectivity index is 2.03. The molecule has 2 aromatic rings. The highest BCUT2D eigenvalue weighted by molar-refractivity contribution is 5.90. The standard InChI is InChI=1S/C16H17NO6/c1-19-12-4-5-14(20-2)11(8-12)9-17-23-10-15-13(6-7-22-15)16(18)21-3/h4-9H,10H2,1-3H3/b17-9+. The van der Waals surface area contributed by atoms with Crippen molar-refractivity contribution in [1.82, 2.24) is 0 Å². The summed E-state index contributed by atoms with van der Waals surface area (Å²) in [6, 6.07) is 6.82. The predicted molar refractivity (Wildman–Crippen MR) is 82.0 cm³/mol. The van der Waals surface area contributed by atoms with Gasteiger partial charge in [0.15, 0.2) is 12.4 Å². The summed E-state index contributed by atoms with van der Waals surface area (Å²) >= 11 is 0. The van der Waals surface area contributed by atoms with Gasteiger partial charge in [-0.3, -0.25) is 0 Å². The van der Waals surface area contributed by atoms with Crippen molar-refractivity contribution in [3.05, 3.63) is 47.4 Å². The molecular formula is C16H17NO6. The van der Waals surface area contributed by atoms with Crippen molar-refractivity contribution in [1.29, 1.82) is 0 Å². The third-order valence-electron chi connectivity index (χ3n) is 3.05. The van der Waals surface area contributed by atoms with E-state index in [2.05, 4.69) is 9.89 Å². The van der Waals surface area contributed by atoms with Gasteiger partial charge in [-0.05, 0) is 24.3 Å². The Bertz CT molecular complexity index is 692. The van der Waals surface area contributed by atoms with Crippen molar-refractivity contribution in [3.8, 4) is 11.5 Å². The fourth-order valence-corrected chi connectivity index (χ4v) is 1.87. The third-order valence-corrected chi connectivity index (χ3v) is 3.05. The summed E-state index contributed by atoms with van der Waals surface area (Å²) in [7, 11) is 4.43. The highest BCUT2D eigenvalue weighted by Gasteiger charge is 2.15. The van der Waals surface area contributed by atoms with E-state index in [9.17, 15) is 4.79 Å². The second kappa shape index (κ2) is 7.88. The maximum Gasteiger partial charge on any atom is 0.341 e. The lowest BCUT2D eigenvalue weighted by Crippen LogP contribution is -2.03.